The molecule has 8 heteroatoms. The van der Waals surface area contributed by atoms with Crippen LogP contribution in [0.5, 0.6) is 0 Å². The van der Waals surface area contributed by atoms with Crippen LogP contribution in [0.3, 0.4) is 0 Å². The third-order valence-electron chi connectivity index (χ3n) is 5.37. The number of nitrogens with zero attached hydrogens (tertiary/aromatic N) is 5. The van der Waals surface area contributed by atoms with E-state index in [0.717, 1.165) is 42.1 Å². The first-order chi connectivity index (χ1) is 13.4. The van der Waals surface area contributed by atoms with E-state index in [1.54, 1.807) is 19.2 Å². The summed E-state index contributed by atoms with van der Waals surface area (Å²) < 4.78 is 41.5. The Kier molecular flexibility index (Phi) is 4.82. The molecule has 0 bridgehead atoms. The minimum atomic E-state index is -4.47. The molecular formula is C20H22F3N5. The molecule has 4 heterocycles. The number of aryl methyl sites for hydroxylation is 2. The summed E-state index contributed by atoms with van der Waals surface area (Å²) in [6, 6.07) is 4.78. The van der Waals surface area contributed by atoms with Crippen LogP contribution in [0.4, 0.5) is 13.2 Å². The second kappa shape index (κ2) is 7.16. The lowest BCUT2D eigenvalue weighted by atomic mass is 10.1. The van der Waals surface area contributed by atoms with Crippen LogP contribution in [0.1, 0.15) is 54.0 Å². The van der Waals surface area contributed by atoms with Crippen molar-refractivity contribution in [3.8, 4) is 0 Å². The van der Waals surface area contributed by atoms with Gasteiger partial charge in [-0.3, -0.25) is 9.88 Å². The van der Waals surface area contributed by atoms with Gasteiger partial charge in [0.1, 0.15) is 5.69 Å². The molecule has 28 heavy (non-hydrogen) atoms. The smallest absolute Gasteiger partial charge is 0.290 e. The normalized spacial score (nSPS) is 18.2. The third kappa shape index (κ3) is 3.48. The highest BCUT2D eigenvalue weighted by atomic mass is 19.4. The Labute approximate surface area is 161 Å². The van der Waals surface area contributed by atoms with Crippen LogP contribution in [0, 0.1) is 6.92 Å². The Morgan fingerprint density at radius 2 is 2.07 bits per heavy atom. The molecule has 1 aliphatic heterocycles. The number of likely N-dealkylation sites (tertiary alicyclic amines) is 1. The van der Waals surface area contributed by atoms with Crippen molar-refractivity contribution in [3.05, 3.63) is 58.8 Å². The number of halogens is 3. The largest absolute Gasteiger partial charge is 0.433 e. The molecule has 0 aromatic carbocycles. The lowest BCUT2D eigenvalue weighted by molar-refractivity contribution is -0.142. The Morgan fingerprint density at radius 1 is 1.25 bits per heavy atom. The molecule has 0 saturated carbocycles. The van der Waals surface area contributed by atoms with Gasteiger partial charge in [-0.2, -0.15) is 18.3 Å². The second-order valence-electron chi connectivity index (χ2n) is 7.25. The van der Waals surface area contributed by atoms with Crippen molar-refractivity contribution in [1.29, 1.82) is 0 Å². The fraction of sp³-hybridized carbons (Fsp3) is 0.450. The van der Waals surface area contributed by atoms with Gasteiger partial charge in [0, 0.05) is 30.7 Å². The van der Waals surface area contributed by atoms with Crippen LogP contribution >= 0.6 is 0 Å². The SMILES string of the molecule is CCc1cc(C(F)(F)F)n2nc([C@H]3CCCN3Cc3ccncc3C)cc2n1. The summed E-state index contributed by atoms with van der Waals surface area (Å²) in [5.41, 5.74) is 2.84. The quantitative estimate of drug-likeness (QED) is 0.666. The molecule has 1 atom stereocenters. The standard InChI is InChI=1S/C20H22F3N5/c1-3-15-9-18(20(21,22)23)28-19(25-15)10-16(26-28)17-5-4-8-27(17)12-14-6-7-24-11-13(14)2/h6-7,9-11,17H,3-5,8,12H2,1-2H3/t17-/m1/s1. The third-order valence-corrected chi connectivity index (χ3v) is 5.37. The molecule has 1 fully saturated rings. The zero-order valence-corrected chi connectivity index (χ0v) is 15.9. The maximum absolute atomic E-state index is 13.5. The van der Waals surface area contributed by atoms with E-state index in [0.29, 0.717) is 17.8 Å². The van der Waals surface area contributed by atoms with Gasteiger partial charge in [0.25, 0.3) is 0 Å². The van der Waals surface area contributed by atoms with Gasteiger partial charge in [-0.25, -0.2) is 9.50 Å². The molecule has 0 N–H and O–H groups in total. The van der Waals surface area contributed by atoms with Crippen molar-refractivity contribution in [2.24, 2.45) is 0 Å². The summed E-state index contributed by atoms with van der Waals surface area (Å²) in [5, 5.41) is 4.33. The monoisotopic (exact) mass is 389 g/mol. The molecule has 0 radical (unpaired) electrons. The summed E-state index contributed by atoms with van der Waals surface area (Å²) in [4.78, 5) is 10.8. The highest BCUT2D eigenvalue weighted by molar-refractivity contribution is 5.43. The molecule has 0 spiro atoms. The minimum Gasteiger partial charge on any atom is -0.290 e. The molecule has 4 rings (SSSR count). The van der Waals surface area contributed by atoms with E-state index in [2.05, 4.69) is 20.0 Å². The lowest BCUT2D eigenvalue weighted by Gasteiger charge is -2.23. The lowest BCUT2D eigenvalue weighted by Crippen LogP contribution is -2.23. The molecule has 5 nitrogen and oxygen atoms in total. The van der Waals surface area contributed by atoms with Crippen LogP contribution in [0.2, 0.25) is 0 Å². The maximum Gasteiger partial charge on any atom is 0.433 e. The van der Waals surface area contributed by atoms with Crippen LogP contribution in [-0.4, -0.2) is 31.0 Å². The number of aromatic nitrogens is 4. The molecular weight excluding hydrogens is 367 g/mol. The van der Waals surface area contributed by atoms with Crippen LogP contribution in [0.15, 0.2) is 30.6 Å². The fourth-order valence-electron chi connectivity index (χ4n) is 3.84. The predicted molar refractivity (Wildman–Crippen MR) is 98.7 cm³/mol. The van der Waals surface area contributed by atoms with Gasteiger partial charge in [0.2, 0.25) is 0 Å². The van der Waals surface area contributed by atoms with Gasteiger partial charge in [-0.1, -0.05) is 6.92 Å². The average molecular weight is 389 g/mol. The Morgan fingerprint density at radius 3 is 2.79 bits per heavy atom. The molecule has 0 amide bonds. The zero-order valence-electron chi connectivity index (χ0n) is 15.9. The molecule has 1 saturated heterocycles. The van der Waals surface area contributed by atoms with E-state index in [9.17, 15) is 13.2 Å². The van der Waals surface area contributed by atoms with Crippen LogP contribution < -0.4 is 0 Å². The molecule has 3 aromatic rings. The van der Waals surface area contributed by atoms with Gasteiger partial charge in [0.05, 0.1) is 11.7 Å². The van der Waals surface area contributed by atoms with E-state index in [1.807, 2.05) is 19.2 Å². The Hall–Kier alpha value is -2.48. The summed E-state index contributed by atoms with van der Waals surface area (Å²) in [6.07, 6.45) is 1.43. The highest BCUT2D eigenvalue weighted by Gasteiger charge is 2.36. The van der Waals surface area contributed by atoms with Crippen molar-refractivity contribution >= 4 is 5.65 Å². The fourth-order valence-corrected chi connectivity index (χ4v) is 3.84. The summed E-state index contributed by atoms with van der Waals surface area (Å²) >= 11 is 0. The van der Waals surface area contributed by atoms with Gasteiger partial charge in [0.15, 0.2) is 5.65 Å². The maximum atomic E-state index is 13.5. The molecule has 3 aromatic heterocycles. The van der Waals surface area contributed by atoms with Gasteiger partial charge < -0.3 is 0 Å². The summed E-state index contributed by atoms with van der Waals surface area (Å²) in [7, 11) is 0. The molecule has 148 valence electrons. The first-order valence-corrected chi connectivity index (χ1v) is 9.47. The van der Waals surface area contributed by atoms with Crippen LogP contribution in [0.25, 0.3) is 5.65 Å². The van der Waals surface area contributed by atoms with Crippen molar-refractivity contribution < 1.29 is 13.2 Å². The first kappa shape index (κ1) is 18.9. The number of pyridine rings is 1. The number of hydrogen-bond donors (Lipinski definition) is 0. The van der Waals surface area contributed by atoms with E-state index in [-0.39, 0.29) is 11.7 Å². The van der Waals surface area contributed by atoms with Gasteiger partial charge in [-0.15, -0.1) is 0 Å². The van der Waals surface area contributed by atoms with Gasteiger partial charge >= 0.3 is 6.18 Å². The number of hydrogen-bond acceptors (Lipinski definition) is 4. The number of alkyl halides is 3. The van der Waals surface area contributed by atoms with E-state index >= 15 is 0 Å². The average Bonchev–Trinajstić information content (AvgIpc) is 3.28. The van der Waals surface area contributed by atoms with Crippen LogP contribution in [-0.2, 0) is 19.1 Å². The second-order valence-corrected chi connectivity index (χ2v) is 7.25. The Bertz CT molecular complexity index is 995. The van der Waals surface area contributed by atoms with E-state index < -0.39 is 11.9 Å². The van der Waals surface area contributed by atoms with Crippen molar-refractivity contribution in [1.82, 2.24) is 24.5 Å². The Balaban J connectivity index is 1.71. The minimum absolute atomic E-state index is 0.0135. The van der Waals surface area contributed by atoms with E-state index in [1.165, 1.54) is 5.56 Å². The predicted octanol–water partition coefficient (Wildman–Crippen LogP) is 4.35. The first-order valence-electron chi connectivity index (χ1n) is 9.47. The van der Waals surface area contributed by atoms with E-state index in [4.69, 9.17) is 0 Å². The van der Waals surface area contributed by atoms with Gasteiger partial charge in [-0.05, 0) is 56.0 Å². The van der Waals surface area contributed by atoms with Crippen molar-refractivity contribution in [3.63, 3.8) is 0 Å². The highest BCUT2D eigenvalue weighted by Crippen LogP contribution is 2.35. The topological polar surface area (TPSA) is 46.3 Å². The molecule has 1 aliphatic rings. The van der Waals surface area contributed by atoms with Crippen molar-refractivity contribution in [2.45, 2.75) is 51.9 Å². The summed E-state index contributed by atoms with van der Waals surface area (Å²) in [6.45, 7) is 5.43. The summed E-state index contributed by atoms with van der Waals surface area (Å²) in [5.74, 6) is 0. The number of fused-ring (bicyclic) bond motifs is 1. The molecule has 0 unspecified atom stereocenters. The zero-order chi connectivity index (χ0) is 19.9. The molecule has 0 aliphatic carbocycles. The van der Waals surface area contributed by atoms with Crippen molar-refractivity contribution in [2.75, 3.05) is 6.54 Å². The number of rotatable bonds is 4.